The van der Waals surface area contributed by atoms with Gasteiger partial charge in [-0.3, -0.25) is 0 Å². The second kappa shape index (κ2) is 9.60. The van der Waals surface area contributed by atoms with Crippen molar-refractivity contribution in [3.05, 3.63) is 140 Å². The van der Waals surface area contributed by atoms with Crippen LogP contribution in [-0.2, 0) is 0 Å². The van der Waals surface area contributed by atoms with E-state index in [1.807, 2.05) is 18.2 Å². The SMILES string of the molecule is C=C/C=C(\C=C)c1ccc(Nc2ccc(-c3cccc(-c4ccccc4)c3)cc2)cc1. The Morgan fingerprint density at radius 3 is 1.71 bits per heavy atom. The van der Waals surface area contributed by atoms with Crippen LogP contribution >= 0.6 is 0 Å². The molecule has 0 unspecified atom stereocenters. The van der Waals surface area contributed by atoms with Crippen molar-refractivity contribution in [1.82, 2.24) is 0 Å². The number of allylic oxidation sites excluding steroid dienone is 4. The molecule has 0 fully saturated rings. The maximum absolute atomic E-state index is 3.87. The zero-order valence-electron chi connectivity index (χ0n) is 17.5. The third-order valence-corrected chi connectivity index (χ3v) is 5.21. The van der Waals surface area contributed by atoms with Crippen LogP contribution in [0, 0.1) is 0 Å². The molecule has 4 aromatic rings. The molecule has 1 heteroatoms. The minimum absolute atomic E-state index is 1.05. The highest BCUT2D eigenvalue weighted by Gasteiger charge is 2.03. The highest BCUT2D eigenvalue weighted by molar-refractivity contribution is 5.77. The van der Waals surface area contributed by atoms with Crippen LogP contribution in [0.15, 0.2) is 135 Å². The van der Waals surface area contributed by atoms with E-state index in [0.717, 1.165) is 22.5 Å². The minimum atomic E-state index is 1.05. The van der Waals surface area contributed by atoms with Crippen molar-refractivity contribution in [3.8, 4) is 22.3 Å². The molecule has 0 radical (unpaired) electrons. The Labute approximate surface area is 184 Å². The minimum Gasteiger partial charge on any atom is -0.356 e. The van der Waals surface area contributed by atoms with Crippen LogP contribution in [0.5, 0.6) is 0 Å². The van der Waals surface area contributed by atoms with Gasteiger partial charge in [0.05, 0.1) is 0 Å². The van der Waals surface area contributed by atoms with Gasteiger partial charge in [-0.25, -0.2) is 0 Å². The first-order valence-electron chi connectivity index (χ1n) is 10.4. The molecule has 0 aliphatic rings. The number of hydrogen-bond acceptors (Lipinski definition) is 1. The van der Waals surface area contributed by atoms with Crippen LogP contribution in [0.4, 0.5) is 11.4 Å². The molecular weight excluding hydrogens is 374 g/mol. The Morgan fingerprint density at radius 2 is 1.13 bits per heavy atom. The molecule has 0 aromatic heterocycles. The van der Waals surface area contributed by atoms with Crippen molar-refractivity contribution in [2.24, 2.45) is 0 Å². The van der Waals surface area contributed by atoms with Gasteiger partial charge in [-0.1, -0.05) is 104 Å². The fraction of sp³-hybridized carbons (Fsp3) is 0. The van der Waals surface area contributed by atoms with Crippen LogP contribution in [-0.4, -0.2) is 0 Å². The molecule has 0 amide bonds. The van der Waals surface area contributed by atoms with Gasteiger partial charge in [0.15, 0.2) is 0 Å². The van der Waals surface area contributed by atoms with E-state index in [4.69, 9.17) is 0 Å². The van der Waals surface area contributed by atoms with Crippen molar-refractivity contribution in [2.75, 3.05) is 5.32 Å². The normalized spacial score (nSPS) is 11.0. The molecule has 1 N–H and O–H groups in total. The van der Waals surface area contributed by atoms with Gasteiger partial charge >= 0.3 is 0 Å². The lowest BCUT2D eigenvalue weighted by atomic mass is 9.99. The van der Waals surface area contributed by atoms with Crippen LogP contribution < -0.4 is 5.32 Å². The molecule has 0 aliphatic carbocycles. The van der Waals surface area contributed by atoms with E-state index in [1.165, 1.54) is 22.3 Å². The zero-order chi connectivity index (χ0) is 21.5. The first-order chi connectivity index (χ1) is 15.3. The topological polar surface area (TPSA) is 12.0 Å². The zero-order valence-corrected chi connectivity index (χ0v) is 17.5. The highest BCUT2D eigenvalue weighted by Crippen LogP contribution is 2.28. The lowest BCUT2D eigenvalue weighted by molar-refractivity contribution is 1.52. The van der Waals surface area contributed by atoms with Crippen LogP contribution in [0.3, 0.4) is 0 Å². The van der Waals surface area contributed by atoms with E-state index in [9.17, 15) is 0 Å². The van der Waals surface area contributed by atoms with Gasteiger partial charge in [0.25, 0.3) is 0 Å². The van der Waals surface area contributed by atoms with E-state index >= 15 is 0 Å². The van der Waals surface area contributed by atoms with Crippen molar-refractivity contribution in [3.63, 3.8) is 0 Å². The third kappa shape index (κ3) is 4.91. The van der Waals surface area contributed by atoms with Crippen molar-refractivity contribution in [2.45, 2.75) is 0 Å². The standard InChI is InChI=1S/C30H25N/c1-3-9-23(4-2)25-14-18-29(19-15-25)31-30-20-16-26(17-21-30)28-13-8-12-27(22-28)24-10-6-5-7-11-24/h3-22,31H,1-2H2/b23-9+. The summed E-state index contributed by atoms with van der Waals surface area (Å²) in [6, 6.07) is 36.0. The summed E-state index contributed by atoms with van der Waals surface area (Å²) in [6.07, 6.45) is 5.58. The van der Waals surface area contributed by atoms with Gasteiger partial charge in [-0.05, 0) is 63.7 Å². The molecule has 0 saturated heterocycles. The van der Waals surface area contributed by atoms with Crippen LogP contribution in [0.25, 0.3) is 27.8 Å². The maximum atomic E-state index is 3.87. The van der Waals surface area contributed by atoms with Gasteiger partial charge in [-0.2, -0.15) is 0 Å². The molecule has 150 valence electrons. The highest BCUT2D eigenvalue weighted by atomic mass is 14.9. The largest absolute Gasteiger partial charge is 0.356 e. The molecule has 31 heavy (non-hydrogen) atoms. The van der Waals surface area contributed by atoms with E-state index < -0.39 is 0 Å². The summed E-state index contributed by atoms with van der Waals surface area (Å²) < 4.78 is 0. The quantitative estimate of drug-likeness (QED) is 0.307. The van der Waals surface area contributed by atoms with E-state index in [-0.39, 0.29) is 0 Å². The second-order valence-corrected chi connectivity index (χ2v) is 7.29. The molecule has 1 nitrogen and oxygen atoms in total. The smallest absolute Gasteiger partial charge is 0.0384 e. The van der Waals surface area contributed by atoms with Crippen molar-refractivity contribution < 1.29 is 0 Å². The first kappa shape index (κ1) is 20.2. The lowest BCUT2D eigenvalue weighted by Gasteiger charge is -2.10. The molecule has 0 bridgehead atoms. The molecule has 4 rings (SSSR count). The fourth-order valence-electron chi connectivity index (χ4n) is 3.58. The van der Waals surface area contributed by atoms with Crippen LogP contribution in [0.1, 0.15) is 5.56 Å². The van der Waals surface area contributed by atoms with Crippen LogP contribution in [0.2, 0.25) is 0 Å². The van der Waals surface area contributed by atoms with Gasteiger partial charge < -0.3 is 5.32 Å². The lowest BCUT2D eigenvalue weighted by Crippen LogP contribution is -1.91. The van der Waals surface area contributed by atoms with Crippen molar-refractivity contribution >= 4 is 16.9 Å². The van der Waals surface area contributed by atoms with Crippen molar-refractivity contribution in [1.29, 1.82) is 0 Å². The van der Waals surface area contributed by atoms with Gasteiger partial charge in [0.1, 0.15) is 0 Å². The summed E-state index contributed by atoms with van der Waals surface area (Å²) in [5.74, 6) is 0. The number of rotatable bonds is 7. The maximum Gasteiger partial charge on any atom is 0.0384 e. The Hall–Kier alpha value is -4.10. The fourth-order valence-corrected chi connectivity index (χ4v) is 3.58. The predicted molar refractivity (Wildman–Crippen MR) is 135 cm³/mol. The summed E-state index contributed by atoms with van der Waals surface area (Å²) >= 11 is 0. The molecule has 0 saturated carbocycles. The number of nitrogens with one attached hydrogen (secondary N) is 1. The summed E-state index contributed by atoms with van der Waals surface area (Å²) in [5.41, 5.74) is 9.15. The average Bonchev–Trinajstić information content (AvgIpc) is 2.84. The monoisotopic (exact) mass is 399 g/mol. The second-order valence-electron chi connectivity index (χ2n) is 7.29. The number of benzene rings is 4. The summed E-state index contributed by atoms with van der Waals surface area (Å²) in [5, 5.41) is 3.47. The summed E-state index contributed by atoms with van der Waals surface area (Å²) in [7, 11) is 0. The van der Waals surface area contributed by atoms with E-state index in [1.54, 1.807) is 6.08 Å². The third-order valence-electron chi connectivity index (χ3n) is 5.21. The number of hydrogen-bond donors (Lipinski definition) is 1. The Balaban J connectivity index is 1.50. The average molecular weight is 400 g/mol. The molecule has 0 aliphatic heterocycles. The molecule has 0 heterocycles. The van der Waals surface area contributed by atoms with E-state index in [2.05, 4.69) is 116 Å². The van der Waals surface area contributed by atoms with E-state index in [0.29, 0.717) is 0 Å². The van der Waals surface area contributed by atoms with Gasteiger partial charge in [0, 0.05) is 11.4 Å². The Kier molecular flexibility index (Phi) is 6.25. The first-order valence-corrected chi connectivity index (χ1v) is 10.4. The summed E-state index contributed by atoms with van der Waals surface area (Å²) in [6.45, 7) is 7.63. The summed E-state index contributed by atoms with van der Waals surface area (Å²) in [4.78, 5) is 0. The predicted octanol–water partition coefficient (Wildman–Crippen LogP) is 8.52. The van der Waals surface area contributed by atoms with Gasteiger partial charge in [0.2, 0.25) is 0 Å². The Morgan fingerprint density at radius 1 is 0.581 bits per heavy atom. The molecule has 0 atom stereocenters. The Bertz CT molecular complexity index is 1200. The van der Waals surface area contributed by atoms with Gasteiger partial charge in [-0.15, -0.1) is 0 Å². The molecule has 4 aromatic carbocycles. The molecular formula is C30H25N. The molecule has 0 spiro atoms. The number of anilines is 2.